The van der Waals surface area contributed by atoms with E-state index in [-0.39, 0.29) is 29.0 Å². The third kappa shape index (κ3) is 2.68. The summed E-state index contributed by atoms with van der Waals surface area (Å²) in [5, 5.41) is 10.1. The Bertz CT molecular complexity index is 584. The number of allylic oxidation sites excluding steroid dienone is 1. The van der Waals surface area contributed by atoms with Gasteiger partial charge in [0.25, 0.3) is 0 Å². The second-order valence-corrected chi connectivity index (χ2v) is 9.39. The number of aliphatic hydroxyl groups is 1. The molecule has 1 heterocycles. The zero-order chi connectivity index (χ0) is 18.5. The molecule has 1 saturated heterocycles. The molecule has 0 aromatic heterocycles. The minimum absolute atomic E-state index is 0.00452. The van der Waals surface area contributed by atoms with Gasteiger partial charge in [-0.25, -0.2) is 0 Å². The molecule has 3 rings (SSSR count). The van der Waals surface area contributed by atoms with E-state index in [9.17, 15) is 9.90 Å². The van der Waals surface area contributed by atoms with Crippen molar-refractivity contribution in [2.75, 3.05) is 13.7 Å². The molecule has 2 aliphatic carbocycles. The van der Waals surface area contributed by atoms with E-state index in [4.69, 9.17) is 9.47 Å². The quantitative estimate of drug-likeness (QED) is 0.617. The number of fused-ring (bicyclic) bond motifs is 2. The summed E-state index contributed by atoms with van der Waals surface area (Å²) in [7, 11) is 1.44. The molecule has 0 aromatic rings. The molecule has 4 nitrogen and oxygen atoms in total. The summed E-state index contributed by atoms with van der Waals surface area (Å²) in [4.78, 5) is 11.9. The topological polar surface area (TPSA) is 55.8 Å². The van der Waals surface area contributed by atoms with E-state index >= 15 is 0 Å². The van der Waals surface area contributed by atoms with Crippen molar-refractivity contribution in [3.05, 3.63) is 11.6 Å². The van der Waals surface area contributed by atoms with Crippen LogP contribution in [0, 0.1) is 16.7 Å². The van der Waals surface area contributed by atoms with Crippen molar-refractivity contribution in [1.82, 2.24) is 0 Å². The summed E-state index contributed by atoms with van der Waals surface area (Å²) in [6.45, 7) is 9.07. The van der Waals surface area contributed by atoms with Crippen LogP contribution >= 0.6 is 0 Å². The fraction of sp³-hybridized carbons (Fsp3) is 0.857. The maximum Gasteiger partial charge on any atom is 0.308 e. The van der Waals surface area contributed by atoms with Gasteiger partial charge >= 0.3 is 5.97 Å². The Morgan fingerprint density at radius 2 is 2.00 bits per heavy atom. The first-order valence-corrected chi connectivity index (χ1v) is 9.70. The van der Waals surface area contributed by atoms with Gasteiger partial charge < -0.3 is 14.6 Å². The SMILES string of the molecule is COC(=O)CC1(C)CCC2(O1)C(C)=CCC1C(C)(CO)CCCC12C. The minimum atomic E-state index is -0.472. The summed E-state index contributed by atoms with van der Waals surface area (Å²) in [6.07, 6.45) is 8.77. The first-order valence-electron chi connectivity index (χ1n) is 9.70. The van der Waals surface area contributed by atoms with E-state index < -0.39 is 5.60 Å². The molecule has 1 spiro atoms. The van der Waals surface area contributed by atoms with Gasteiger partial charge in [0.05, 0.1) is 24.7 Å². The van der Waals surface area contributed by atoms with Crippen molar-refractivity contribution in [2.45, 2.75) is 83.8 Å². The molecule has 0 aromatic carbocycles. The summed E-state index contributed by atoms with van der Waals surface area (Å²) >= 11 is 0. The highest BCUT2D eigenvalue weighted by atomic mass is 16.5. The molecule has 142 valence electrons. The van der Waals surface area contributed by atoms with Gasteiger partial charge in [-0.15, -0.1) is 0 Å². The number of methoxy groups -OCH3 is 1. The van der Waals surface area contributed by atoms with E-state index in [2.05, 4.69) is 26.8 Å². The number of carbonyl (C=O) groups is 1. The zero-order valence-electron chi connectivity index (χ0n) is 16.5. The molecule has 4 heteroatoms. The molecule has 3 aliphatic rings. The maximum absolute atomic E-state index is 11.9. The lowest BCUT2D eigenvalue weighted by Crippen LogP contribution is -2.60. The number of aliphatic hydroxyl groups excluding tert-OH is 1. The molecule has 25 heavy (non-hydrogen) atoms. The number of rotatable bonds is 3. The highest BCUT2D eigenvalue weighted by Gasteiger charge is 2.65. The lowest BCUT2D eigenvalue weighted by atomic mass is 9.46. The van der Waals surface area contributed by atoms with E-state index in [1.54, 1.807) is 0 Å². The van der Waals surface area contributed by atoms with Crippen LogP contribution in [0.1, 0.15) is 72.6 Å². The number of carbonyl (C=O) groups excluding carboxylic acids is 1. The van der Waals surface area contributed by atoms with Crippen LogP contribution in [0.5, 0.6) is 0 Å². The average molecular weight is 350 g/mol. The highest BCUT2D eigenvalue weighted by Crippen LogP contribution is 2.66. The Kier molecular flexibility index (Phi) is 4.61. The molecule has 2 fully saturated rings. The minimum Gasteiger partial charge on any atom is -0.469 e. The van der Waals surface area contributed by atoms with Gasteiger partial charge in [-0.05, 0) is 62.9 Å². The van der Waals surface area contributed by atoms with Gasteiger partial charge in [0.1, 0.15) is 0 Å². The van der Waals surface area contributed by atoms with Crippen LogP contribution in [0.25, 0.3) is 0 Å². The predicted molar refractivity (Wildman–Crippen MR) is 97.1 cm³/mol. The third-order valence-corrected chi connectivity index (χ3v) is 7.81. The Morgan fingerprint density at radius 1 is 1.28 bits per heavy atom. The van der Waals surface area contributed by atoms with Crippen LogP contribution in [0.2, 0.25) is 0 Å². The second-order valence-electron chi connectivity index (χ2n) is 9.39. The zero-order valence-corrected chi connectivity index (χ0v) is 16.5. The fourth-order valence-electron chi connectivity index (χ4n) is 6.25. The lowest BCUT2D eigenvalue weighted by molar-refractivity contribution is -0.199. The van der Waals surface area contributed by atoms with Crippen LogP contribution in [0.4, 0.5) is 0 Å². The van der Waals surface area contributed by atoms with Gasteiger partial charge in [-0.1, -0.05) is 26.3 Å². The number of hydrogen-bond acceptors (Lipinski definition) is 4. The Hall–Kier alpha value is -0.870. The molecular weight excluding hydrogens is 316 g/mol. The molecule has 0 radical (unpaired) electrons. The maximum atomic E-state index is 11.9. The largest absolute Gasteiger partial charge is 0.469 e. The molecule has 1 saturated carbocycles. The average Bonchev–Trinajstić information content (AvgIpc) is 2.92. The molecule has 1 aliphatic heterocycles. The van der Waals surface area contributed by atoms with Crippen LogP contribution in [-0.4, -0.2) is 36.0 Å². The predicted octanol–water partition coefficient (Wildman–Crippen LogP) is 4.01. The van der Waals surface area contributed by atoms with Gasteiger partial charge in [0, 0.05) is 12.0 Å². The monoisotopic (exact) mass is 350 g/mol. The van der Waals surface area contributed by atoms with E-state index in [1.165, 1.54) is 12.7 Å². The molecule has 1 N–H and O–H groups in total. The van der Waals surface area contributed by atoms with Crippen molar-refractivity contribution in [1.29, 1.82) is 0 Å². The summed E-state index contributed by atoms with van der Waals surface area (Å²) in [5.41, 5.74) is 0.453. The third-order valence-electron chi connectivity index (χ3n) is 7.81. The van der Waals surface area contributed by atoms with Gasteiger partial charge in [0.15, 0.2) is 0 Å². The molecular formula is C21H34O4. The Balaban J connectivity index is 1.99. The Morgan fingerprint density at radius 3 is 2.64 bits per heavy atom. The van der Waals surface area contributed by atoms with Crippen LogP contribution in [-0.2, 0) is 14.3 Å². The van der Waals surface area contributed by atoms with Crippen LogP contribution in [0.3, 0.4) is 0 Å². The summed E-state index contributed by atoms with van der Waals surface area (Å²) < 4.78 is 11.7. The second kappa shape index (κ2) is 6.09. The molecule has 0 amide bonds. The van der Waals surface area contributed by atoms with E-state index in [0.717, 1.165) is 38.5 Å². The molecule has 0 bridgehead atoms. The van der Waals surface area contributed by atoms with Crippen molar-refractivity contribution in [3.63, 3.8) is 0 Å². The highest BCUT2D eigenvalue weighted by molar-refractivity contribution is 5.70. The van der Waals surface area contributed by atoms with Gasteiger partial charge in [-0.2, -0.15) is 0 Å². The van der Waals surface area contributed by atoms with E-state index in [0.29, 0.717) is 12.3 Å². The van der Waals surface area contributed by atoms with Crippen molar-refractivity contribution < 1.29 is 19.4 Å². The first kappa shape index (κ1) is 18.9. The van der Waals surface area contributed by atoms with E-state index in [1.807, 2.05) is 6.92 Å². The fourth-order valence-corrected chi connectivity index (χ4v) is 6.25. The normalized spacial score (nSPS) is 46.6. The smallest absolute Gasteiger partial charge is 0.308 e. The van der Waals surface area contributed by atoms with Crippen molar-refractivity contribution in [3.8, 4) is 0 Å². The van der Waals surface area contributed by atoms with Gasteiger partial charge in [0.2, 0.25) is 0 Å². The first-order chi connectivity index (χ1) is 11.6. The standard InChI is InChI=1S/C21H34O4/c1-15-7-8-16-18(2,14-22)9-6-10-20(16,4)21(15)12-11-19(3,25-21)13-17(23)24-5/h7,16,22H,6,8-14H2,1-5H3. The number of hydrogen-bond donors (Lipinski definition) is 1. The Labute approximate surface area is 152 Å². The summed E-state index contributed by atoms with van der Waals surface area (Å²) in [5.74, 6) is 0.200. The van der Waals surface area contributed by atoms with Crippen LogP contribution < -0.4 is 0 Å². The lowest BCUT2D eigenvalue weighted by Gasteiger charge is -2.61. The van der Waals surface area contributed by atoms with Gasteiger partial charge in [-0.3, -0.25) is 4.79 Å². The number of ether oxygens (including phenoxy) is 2. The number of esters is 1. The summed E-state index contributed by atoms with van der Waals surface area (Å²) in [6, 6.07) is 0. The van der Waals surface area contributed by atoms with Crippen LogP contribution in [0.15, 0.2) is 11.6 Å². The van der Waals surface area contributed by atoms with Crippen molar-refractivity contribution in [2.24, 2.45) is 16.7 Å². The van der Waals surface area contributed by atoms with Crippen molar-refractivity contribution >= 4 is 5.97 Å². The molecule has 5 unspecified atom stereocenters. The molecule has 5 atom stereocenters.